The van der Waals surface area contributed by atoms with Gasteiger partial charge in [0.25, 0.3) is 5.91 Å². The quantitative estimate of drug-likeness (QED) is 0.246. The molecular weight excluding hydrogens is 498 g/mol. The molecule has 1 saturated heterocycles. The monoisotopic (exact) mass is 537 g/mol. The summed E-state index contributed by atoms with van der Waals surface area (Å²) in [6, 6.07) is 30.6. The number of hydrogen-bond donors (Lipinski definition) is 1. The number of benzene rings is 4. The van der Waals surface area contributed by atoms with Crippen LogP contribution in [0.3, 0.4) is 0 Å². The average molecular weight is 538 g/mol. The normalized spacial score (nSPS) is 14.4. The van der Waals surface area contributed by atoms with Gasteiger partial charge in [-0.15, -0.1) is 0 Å². The van der Waals surface area contributed by atoms with Crippen molar-refractivity contribution in [2.45, 2.75) is 18.9 Å². The van der Waals surface area contributed by atoms with Crippen LogP contribution in [0.4, 0.5) is 0 Å². The maximum absolute atomic E-state index is 12.6. The first kappa shape index (κ1) is 27.7. The van der Waals surface area contributed by atoms with E-state index in [1.807, 2.05) is 60.7 Å². The number of carbonyl (C=O) groups excluding carboxylic acids is 1. The number of methoxy groups -OCH3 is 2. The van der Waals surface area contributed by atoms with Gasteiger partial charge in [0.05, 0.1) is 20.3 Å². The second-order valence-corrected chi connectivity index (χ2v) is 10.3. The highest BCUT2D eigenvalue weighted by molar-refractivity contribution is 5.98. The number of nitrogens with zero attached hydrogens (tertiary/aromatic N) is 2. The lowest BCUT2D eigenvalue weighted by molar-refractivity contribution is 0.0949. The van der Waals surface area contributed by atoms with E-state index in [1.165, 1.54) is 0 Å². The van der Waals surface area contributed by atoms with Crippen LogP contribution in [-0.2, 0) is 0 Å². The van der Waals surface area contributed by atoms with Crippen molar-refractivity contribution in [3.8, 4) is 11.5 Å². The van der Waals surface area contributed by atoms with E-state index in [9.17, 15) is 4.79 Å². The number of unbranched alkanes of at least 4 members (excludes halogenated alkanes) is 1. The van der Waals surface area contributed by atoms with Crippen molar-refractivity contribution in [1.82, 2.24) is 15.1 Å². The Kier molecular flexibility index (Phi) is 9.32. The molecule has 1 N–H and O–H groups in total. The second-order valence-electron chi connectivity index (χ2n) is 10.3. The number of hydrogen-bond acceptors (Lipinski definition) is 5. The minimum Gasteiger partial charge on any atom is -0.496 e. The van der Waals surface area contributed by atoms with Crippen molar-refractivity contribution < 1.29 is 14.3 Å². The van der Waals surface area contributed by atoms with Gasteiger partial charge < -0.3 is 19.7 Å². The predicted octanol–water partition coefficient (Wildman–Crippen LogP) is 5.77. The fourth-order valence-electron chi connectivity index (χ4n) is 5.69. The van der Waals surface area contributed by atoms with Crippen LogP contribution < -0.4 is 14.8 Å². The first-order valence-corrected chi connectivity index (χ1v) is 14.2. The van der Waals surface area contributed by atoms with Crippen molar-refractivity contribution >= 4 is 16.7 Å². The van der Waals surface area contributed by atoms with Crippen LogP contribution in [0.25, 0.3) is 10.8 Å². The molecule has 1 heterocycles. The molecule has 0 aliphatic carbocycles. The molecule has 5 rings (SSSR count). The first-order chi connectivity index (χ1) is 19.7. The van der Waals surface area contributed by atoms with E-state index in [1.54, 1.807) is 14.2 Å². The first-order valence-electron chi connectivity index (χ1n) is 14.2. The molecule has 6 heteroatoms. The van der Waals surface area contributed by atoms with Gasteiger partial charge in [0.2, 0.25) is 0 Å². The average Bonchev–Trinajstić information content (AvgIpc) is 3.02. The smallest absolute Gasteiger partial charge is 0.251 e. The van der Waals surface area contributed by atoms with E-state index in [4.69, 9.17) is 9.47 Å². The third kappa shape index (κ3) is 6.46. The number of rotatable bonds is 11. The Bertz CT molecular complexity index is 1370. The largest absolute Gasteiger partial charge is 0.496 e. The lowest BCUT2D eigenvalue weighted by Gasteiger charge is -2.40. The number of ether oxygens (including phenoxy) is 2. The van der Waals surface area contributed by atoms with Gasteiger partial charge in [-0.2, -0.15) is 0 Å². The van der Waals surface area contributed by atoms with E-state index < -0.39 is 0 Å². The topological polar surface area (TPSA) is 54.0 Å². The molecule has 6 nitrogen and oxygen atoms in total. The van der Waals surface area contributed by atoms with Crippen molar-refractivity contribution in [2.24, 2.45) is 0 Å². The Morgan fingerprint density at radius 1 is 0.750 bits per heavy atom. The number of para-hydroxylation sites is 2. The Labute approximate surface area is 237 Å². The zero-order chi connectivity index (χ0) is 27.7. The van der Waals surface area contributed by atoms with Crippen molar-refractivity contribution in [3.63, 3.8) is 0 Å². The van der Waals surface area contributed by atoms with Crippen LogP contribution in [0.5, 0.6) is 11.5 Å². The van der Waals surface area contributed by atoms with Gasteiger partial charge in [-0.3, -0.25) is 9.69 Å². The number of fused-ring (bicyclic) bond motifs is 1. The van der Waals surface area contributed by atoms with E-state index in [0.29, 0.717) is 6.54 Å². The summed E-state index contributed by atoms with van der Waals surface area (Å²) in [5.41, 5.74) is 3.03. The highest BCUT2D eigenvalue weighted by Crippen LogP contribution is 2.39. The zero-order valence-corrected chi connectivity index (χ0v) is 23.5. The highest BCUT2D eigenvalue weighted by Gasteiger charge is 2.30. The molecule has 4 aromatic carbocycles. The molecule has 0 saturated carbocycles. The summed E-state index contributed by atoms with van der Waals surface area (Å²) >= 11 is 0. The van der Waals surface area contributed by atoms with Gasteiger partial charge in [0.1, 0.15) is 11.5 Å². The number of nitrogens with one attached hydrogen (secondary N) is 1. The summed E-state index contributed by atoms with van der Waals surface area (Å²) in [6.07, 6.45) is 2.02. The zero-order valence-electron chi connectivity index (χ0n) is 23.5. The minimum absolute atomic E-state index is 0.00177. The van der Waals surface area contributed by atoms with E-state index in [0.717, 1.165) is 84.5 Å². The van der Waals surface area contributed by atoms with Crippen molar-refractivity contribution in [3.05, 3.63) is 108 Å². The maximum Gasteiger partial charge on any atom is 0.251 e. The lowest BCUT2D eigenvalue weighted by Crippen LogP contribution is -2.48. The van der Waals surface area contributed by atoms with Crippen LogP contribution in [0.1, 0.15) is 40.4 Å². The summed E-state index contributed by atoms with van der Waals surface area (Å²) in [5.74, 6) is 1.79. The molecule has 1 amide bonds. The van der Waals surface area contributed by atoms with E-state index >= 15 is 0 Å². The van der Waals surface area contributed by atoms with Crippen LogP contribution in [0.2, 0.25) is 0 Å². The van der Waals surface area contributed by atoms with Crippen LogP contribution >= 0.6 is 0 Å². The van der Waals surface area contributed by atoms with Gasteiger partial charge in [-0.25, -0.2) is 0 Å². The van der Waals surface area contributed by atoms with Gasteiger partial charge in [0.15, 0.2) is 0 Å². The number of carbonyl (C=O) groups is 1. The molecule has 0 aromatic heterocycles. The molecule has 40 heavy (non-hydrogen) atoms. The second kappa shape index (κ2) is 13.5. The molecule has 208 valence electrons. The molecule has 0 radical (unpaired) electrons. The summed E-state index contributed by atoms with van der Waals surface area (Å²) < 4.78 is 11.5. The van der Waals surface area contributed by atoms with E-state index in [-0.39, 0.29) is 11.9 Å². The Hall–Kier alpha value is -3.87. The SMILES string of the molecule is COc1ccccc1C(c1ccccc1OC)N1CCN(CCCCNC(=O)c2ccc3ccccc3c2)CC1. The molecule has 0 atom stereocenters. The third-order valence-corrected chi connectivity index (χ3v) is 7.84. The predicted molar refractivity (Wildman–Crippen MR) is 161 cm³/mol. The molecule has 1 fully saturated rings. The summed E-state index contributed by atoms with van der Waals surface area (Å²) in [6.45, 7) is 5.65. The molecule has 0 bridgehead atoms. The Morgan fingerprint density at radius 2 is 1.35 bits per heavy atom. The summed E-state index contributed by atoms with van der Waals surface area (Å²) in [7, 11) is 3.47. The van der Waals surface area contributed by atoms with Crippen molar-refractivity contribution in [1.29, 1.82) is 0 Å². The number of piperazine rings is 1. The molecule has 0 unspecified atom stereocenters. The summed E-state index contributed by atoms with van der Waals surface area (Å²) in [5, 5.41) is 5.33. The standard InChI is InChI=1S/C34H39N3O3/c1-39-31-15-7-5-13-29(31)33(30-14-6-8-16-32(30)40-2)37-23-21-36(22-24-37)20-10-9-19-35-34(38)28-18-17-26-11-3-4-12-27(26)25-28/h3-8,11-18,25,33H,9-10,19-24H2,1-2H3,(H,35,38). The lowest BCUT2D eigenvalue weighted by atomic mass is 9.94. The highest BCUT2D eigenvalue weighted by atomic mass is 16.5. The Balaban J connectivity index is 1.13. The maximum atomic E-state index is 12.6. The van der Waals surface area contributed by atoms with Crippen LogP contribution in [-0.4, -0.2) is 69.2 Å². The van der Waals surface area contributed by atoms with E-state index in [2.05, 4.69) is 45.4 Å². The third-order valence-electron chi connectivity index (χ3n) is 7.84. The molecule has 0 spiro atoms. The minimum atomic E-state index is -0.00177. The van der Waals surface area contributed by atoms with Gasteiger partial charge in [0, 0.05) is 49.4 Å². The fourth-order valence-corrected chi connectivity index (χ4v) is 5.69. The fraction of sp³-hybridized carbons (Fsp3) is 0.324. The Morgan fingerprint density at radius 3 is 2.00 bits per heavy atom. The summed E-state index contributed by atoms with van der Waals surface area (Å²) in [4.78, 5) is 17.7. The molecule has 4 aromatic rings. The molecule has 1 aliphatic heterocycles. The van der Waals surface area contributed by atoms with Crippen LogP contribution in [0, 0.1) is 0 Å². The van der Waals surface area contributed by atoms with Crippen molar-refractivity contribution in [2.75, 3.05) is 53.5 Å². The van der Waals surface area contributed by atoms with Crippen LogP contribution in [0.15, 0.2) is 91.0 Å². The number of amides is 1. The molecule has 1 aliphatic rings. The van der Waals surface area contributed by atoms with Gasteiger partial charge in [-0.1, -0.05) is 66.7 Å². The molecular formula is C34H39N3O3. The van der Waals surface area contributed by atoms with Gasteiger partial charge >= 0.3 is 0 Å². The van der Waals surface area contributed by atoms with Gasteiger partial charge in [-0.05, 0) is 54.4 Å².